The molecule has 0 bridgehead atoms. The van der Waals surface area contributed by atoms with E-state index in [4.69, 9.17) is 4.74 Å². The van der Waals surface area contributed by atoms with E-state index in [-0.39, 0.29) is 17.6 Å². The molecule has 0 saturated heterocycles. The van der Waals surface area contributed by atoms with Crippen LogP contribution in [0.25, 0.3) is 0 Å². The van der Waals surface area contributed by atoms with Gasteiger partial charge in [0.1, 0.15) is 11.4 Å². The maximum atomic E-state index is 12.4. The summed E-state index contributed by atoms with van der Waals surface area (Å²) in [5, 5.41) is 3.20. The Morgan fingerprint density at radius 3 is 2.76 bits per heavy atom. The molecule has 1 atom stereocenters. The molecular formula is C21H25NO2S. The molecule has 25 heavy (non-hydrogen) atoms. The molecule has 1 aliphatic heterocycles. The predicted molar refractivity (Wildman–Crippen MR) is 104 cm³/mol. The Hall–Kier alpha value is -1.94. The molecule has 0 aliphatic carbocycles. The Bertz CT molecular complexity index is 743. The van der Waals surface area contributed by atoms with Crippen LogP contribution in [0.4, 0.5) is 0 Å². The van der Waals surface area contributed by atoms with E-state index in [1.807, 2.05) is 24.3 Å². The van der Waals surface area contributed by atoms with Crippen molar-refractivity contribution in [3.63, 3.8) is 0 Å². The SMILES string of the molecule is Cc1ccc2c(c1)[C@H](NC(=O)CSCc1ccccc1)CC(C)(C)O2. The predicted octanol–water partition coefficient (Wildman–Crippen LogP) is 4.65. The third kappa shape index (κ3) is 4.79. The van der Waals surface area contributed by atoms with Gasteiger partial charge in [0, 0.05) is 17.7 Å². The van der Waals surface area contributed by atoms with Crippen molar-refractivity contribution in [2.75, 3.05) is 5.75 Å². The van der Waals surface area contributed by atoms with Crippen molar-refractivity contribution < 1.29 is 9.53 Å². The number of carbonyl (C=O) groups is 1. The van der Waals surface area contributed by atoms with Crippen LogP contribution in [0, 0.1) is 6.92 Å². The van der Waals surface area contributed by atoms with E-state index in [1.165, 1.54) is 11.1 Å². The summed E-state index contributed by atoms with van der Waals surface area (Å²) in [5.41, 5.74) is 3.23. The molecule has 0 saturated carbocycles. The van der Waals surface area contributed by atoms with Crippen LogP contribution in [0.15, 0.2) is 48.5 Å². The lowest BCUT2D eigenvalue weighted by Crippen LogP contribution is -2.41. The average molecular weight is 356 g/mol. The highest BCUT2D eigenvalue weighted by Crippen LogP contribution is 2.39. The molecule has 2 aromatic carbocycles. The number of hydrogen-bond acceptors (Lipinski definition) is 3. The first-order valence-electron chi connectivity index (χ1n) is 8.63. The molecule has 0 aromatic heterocycles. The number of amides is 1. The van der Waals surface area contributed by atoms with Crippen LogP contribution in [0.3, 0.4) is 0 Å². The van der Waals surface area contributed by atoms with Gasteiger partial charge in [0.25, 0.3) is 0 Å². The van der Waals surface area contributed by atoms with Gasteiger partial charge in [-0.2, -0.15) is 0 Å². The molecule has 0 spiro atoms. The van der Waals surface area contributed by atoms with Gasteiger partial charge in [-0.05, 0) is 32.4 Å². The number of fused-ring (bicyclic) bond motifs is 1. The summed E-state index contributed by atoms with van der Waals surface area (Å²) in [7, 11) is 0. The van der Waals surface area contributed by atoms with Crippen LogP contribution < -0.4 is 10.1 Å². The Kier molecular flexibility index (Phi) is 5.38. The van der Waals surface area contributed by atoms with Crippen LogP contribution >= 0.6 is 11.8 Å². The van der Waals surface area contributed by atoms with E-state index in [9.17, 15) is 4.79 Å². The van der Waals surface area contributed by atoms with Gasteiger partial charge in [0.15, 0.2) is 0 Å². The zero-order valence-corrected chi connectivity index (χ0v) is 15.9. The summed E-state index contributed by atoms with van der Waals surface area (Å²) in [6, 6.07) is 16.4. The van der Waals surface area contributed by atoms with Crippen molar-refractivity contribution in [2.24, 2.45) is 0 Å². The normalized spacial score (nSPS) is 18.1. The molecule has 0 unspecified atom stereocenters. The minimum atomic E-state index is -0.280. The van der Waals surface area contributed by atoms with Gasteiger partial charge in [-0.1, -0.05) is 48.0 Å². The first kappa shape index (κ1) is 17.9. The van der Waals surface area contributed by atoms with Gasteiger partial charge in [-0.3, -0.25) is 4.79 Å². The number of hydrogen-bond donors (Lipinski definition) is 1. The first-order chi connectivity index (χ1) is 11.9. The highest BCUT2D eigenvalue weighted by atomic mass is 32.2. The lowest BCUT2D eigenvalue weighted by molar-refractivity contribution is -0.119. The van der Waals surface area contributed by atoms with E-state index in [0.29, 0.717) is 5.75 Å². The highest BCUT2D eigenvalue weighted by Gasteiger charge is 2.34. The highest BCUT2D eigenvalue weighted by molar-refractivity contribution is 7.99. The Balaban J connectivity index is 1.61. The second-order valence-electron chi connectivity index (χ2n) is 7.21. The molecule has 1 heterocycles. The topological polar surface area (TPSA) is 38.3 Å². The molecule has 1 amide bonds. The Labute approximate surface area is 154 Å². The first-order valence-corrected chi connectivity index (χ1v) is 9.79. The molecule has 0 fully saturated rings. The van der Waals surface area contributed by atoms with Gasteiger partial charge >= 0.3 is 0 Å². The monoisotopic (exact) mass is 355 g/mol. The van der Waals surface area contributed by atoms with Crippen molar-refractivity contribution in [1.29, 1.82) is 0 Å². The van der Waals surface area contributed by atoms with Crippen LogP contribution in [0.2, 0.25) is 0 Å². The van der Waals surface area contributed by atoms with Gasteiger partial charge in [0.2, 0.25) is 5.91 Å². The maximum Gasteiger partial charge on any atom is 0.230 e. The molecule has 0 radical (unpaired) electrons. The number of thioether (sulfide) groups is 1. The van der Waals surface area contributed by atoms with E-state index in [0.717, 1.165) is 23.5 Å². The number of benzene rings is 2. The van der Waals surface area contributed by atoms with E-state index in [2.05, 4.69) is 50.4 Å². The quantitative estimate of drug-likeness (QED) is 0.849. The van der Waals surface area contributed by atoms with Crippen molar-refractivity contribution >= 4 is 17.7 Å². The summed E-state index contributed by atoms with van der Waals surface area (Å²) >= 11 is 1.64. The number of ether oxygens (including phenoxy) is 1. The fraction of sp³-hybridized carbons (Fsp3) is 0.381. The standard InChI is InChI=1S/C21H25NO2S/c1-15-9-10-19-17(11-15)18(12-21(2,3)24-19)22-20(23)14-25-13-16-7-5-4-6-8-16/h4-11,18H,12-14H2,1-3H3,(H,22,23)/t18-/m1/s1. The largest absolute Gasteiger partial charge is 0.487 e. The second-order valence-corrected chi connectivity index (χ2v) is 8.19. The summed E-state index contributed by atoms with van der Waals surface area (Å²) in [4.78, 5) is 12.4. The van der Waals surface area contributed by atoms with Crippen LogP contribution in [0.1, 0.15) is 43.0 Å². The molecule has 1 N–H and O–H groups in total. The molecule has 2 aromatic rings. The molecule has 4 heteroatoms. The number of nitrogens with one attached hydrogen (secondary N) is 1. The van der Waals surface area contributed by atoms with Crippen molar-refractivity contribution in [3.05, 3.63) is 65.2 Å². The summed E-state index contributed by atoms with van der Waals surface area (Å²) in [6.07, 6.45) is 0.776. The Morgan fingerprint density at radius 2 is 2.00 bits per heavy atom. The summed E-state index contributed by atoms with van der Waals surface area (Å²) in [5.74, 6) is 2.28. The third-order valence-electron chi connectivity index (χ3n) is 4.30. The van der Waals surface area contributed by atoms with Gasteiger partial charge in [-0.15, -0.1) is 11.8 Å². The van der Waals surface area contributed by atoms with E-state index >= 15 is 0 Å². The lowest BCUT2D eigenvalue weighted by atomic mass is 9.89. The second kappa shape index (κ2) is 7.52. The van der Waals surface area contributed by atoms with Crippen LogP contribution in [-0.4, -0.2) is 17.3 Å². The summed E-state index contributed by atoms with van der Waals surface area (Å²) < 4.78 is 6.07. The number of rotatable bonds is 5. The van der Waals surface area contributed by atoms with Gasteiger partial charge in [0.05, 0.1) is 11.8 Å². The smallest absolute Gasteiger partial charge is 0.230 e. The minimum Gasteiger partial charge on any atom is -0.487 e. The average Bonchev–Trinajstić information content (AvgIpc) is 2.56. The van der Waals surface area contributed by atoms with E-state index < -0.39 is 0 Å². The molecule has 132 valence electrons. The molecular weight excluding hydrogens is 330 g/mol. The third-order valence-corrected chi connectivity index (χ3v) is 5.31. The van der Waals surface area contributed by atoms with Crippen molar-refractivity contribution in [2.45, 2.75) is 44.6 Å². The zero-order chi connectivity index (χ0) is 17.9. The molecule has 3 rings (SSSR count). The van der Waals surface area contributed by atoms with Crippen molar-refractivity contribution in [1.82, 2.24) is 5.32 Å². The van der Waals surface area contributed by atoms with Crippen LogP contribution in [-0.2, 0) is 10.5 Å². The fourth-order valence-corrected chi connectivity index (χ4v) is 3.97. The van der Waals surface area contributed by atoms with Crippen molar-refractivity contribution in [3.8, 4) is 5.75 Å². The molecule has 3 nitrogen and oxygen atoms in total. The van der Waals surface area contributed by atoms with Gasteiger partial charge in [-0.25, -0.2) is 0 Å². The Morgan fingerprint density at radius 1 is 1.24 bits per heavy atom. The lowest BCUT2D eigenvalue weighted by Gasteiger charge is -2.38. The fourth-order valence-electron chi connectivity index (χ4n) is 3.17. The van der Waals surface area contributed by atoms with Crippen LogP contribution in [0.5, 0.6) is 5.75 Å². The van der Waals surface area contributed by atoms with E-state index in [1.54, 1.807) is 11.8 Å². The number of aryl methyl sites for hydroxylation is 1. The molecule has 1 aliphatic rings. The zero-order valence-electron chi connectivity index (χ0n) is 15.0. The maximum absolute atomic E-state index is 12.4. The van der Waals surface area contributed by atoms with Gasteiger partial charge < -0.3 is 10.1 Å². The minimum absolute atomic E-state index is 0.00322. The number of carbonyl (C=O) groups excluding carboxylic acids is 1. The summed E-state index contributed by atoms with van der Waals surface area (Å²) in [6.45, 7) is 6.20.